The second kappa shape index (κ2) is 5.96. The van der Waals surface area contributed by atoms with Crippen molar-refractivity contribution in [1.29, 1.82) is 5.26 Å². The maximum atomic E-state index is 9.76. The number of ether oxygens (including phenoxy) is 1. The molecule has 0 aliphatic carbocycles. The van der Waals surface area contributed by atoms with Crippen molar-refractivity contribution in [3.63, 3.8) is 0 Å². The molecule has 0 aromatic heterocycles. The van der Waals surface area contributed by atoms with Crippen LogP contribution in [0.2, 0.25) is 5.02 Å². The fourth-order valence-corrected chi connectivity index (χ4v) is 2.12. The normalized spacial score (nSPS) is 11.8. The molecule has 0 heterocycles. The van der Waals surface area contributed by atoms with E-state index in [0.29, 0.717) is 27.6 Å². The monoisotopic (exact) mass is 287 g/mol. The van der Waals surface area contributed by atoms with Crippen LogP contribution in [-0.4, -0.2) is 5.11 Å². The molecule has 0 aliphatic heterocycles. The average Bonchev–Trinajstić information content (AvgIpc) is 2.41. The van der Waals surface area contributed by atoms with Crippen LogP contribution in [0.4, 0.5) is 0 Å². The van der Waals surface area contributed by atoms with E-state index in [1.807, 2.05) is 19.1 Å². The molecule has 0 spiro atoms. The van der Waals surface area contributed by atoms with Crippen LogP contribution in [0.1, 0.15) is 29.7 Å². The molecule has 0 saturated carbocycles. The van der Waals surface area contributed by atoms with Crippen molar-refractivity contribution in [2.75, 3.05) is 0 Å². The number of hydrogen-bond donors (Lipinski definition) is 1. The van der Waals surface area contributed by atoms with Crippen molar-refractivity contribution in [3.8, 4) is 17.6 Å². The Labute approximate surface area is 123 Å². The van der Waals surface area contributed by atoms with E-state index in [-0.39, 0.29) is 0 Å². The molecule has 0 aliphatic rings. The highest BCUT2D eigenvalue weighted by Gasteiger charge is 2.12. The summed E-state index contributed by atoms with van der Waals surface area (Å²) in [6.07, 6.45) is -0.693. The third kappa shape index (κ3) is 3.11. The highest BCUT2D eigenvalue weighted by Crippen LogP contribution is 2.34. The molecular formula is C16H14ClNO2. The summed E-state index contributed by atoms with van der Waals surface area (Å²) in [7, 11) is 0. The van der Waals surface area contributed by atoms with E-state index in [1.165, 1.54) is 0 Å². The van der Waals surface area contributed by atoms with Crippen molar-refractivity contribution in [1.82, 2.24) is 0 Å². The minimum absolute atomic E-state index is 0.435. The second-order valence-corrected chi connectivity index (χ2v) is 4.98. The zero-order valence-electron chi connectivity index (χ0n) is 11.2. The molecule has 0 saturated heterocycles. The van der Waals surface area contributed by atoms with E-state index in [0.717, 1.165) is 5.56 Å². The summed E-state index contributed by atoms with van der Waals surface area (Å²) in [5.74, 6) is 0.930. The van der Waals surface area contributed by atoms with Gasteiger partial charge in [0.15, 0.2) is 0 Å². The first-order valence-electron chi connectivity index (χ1n) is 6.17. The molecule has 2 aromatic carbocycles. The average molecular weight is 288 g/mol. The van der Waals surface area contributed by atoms with Gasteiger partial charge < -0.3 is 9.84 Å². The smallest absolute Gasteiger partial charge is 0.146 e. The van der Waals surface area contributed by atoms with E-state index in [9.17, 15) is 5.11 Å². The quantitative estimate of drug-likeness (QED) is 0.912. The van der Waals surface area contributed by atoms with Gasteiger partial charge in [-0.3, -0.25) is 0 Å². The first-order valence-corrected chi connectivity index (χ1v) is 6.55. The van der Waals surface area contributed by atoms with Gasteiger partial charge in [-0.25, -0.2) is 0 Å². The van der Waals surface area contributed by atoms with Crippen LogP contribution < -0.4 is 4.74 Å². The van der Waals surface area contributed by atoms with E-state index in [2.05, 4.69) is 0 Å². The number of halogens is 1. The molecule has 0 unspecified atom stereocenters. The van der Waals surface area contributed by atoms with Gasteiger partial charge in [-0.05, 0) is 43.7 Å². The molecule has 1 N–H and O–H groups in total. The molecule has 102 valence electrons. The molecule has 2 rings (SSSR count). The first kappa shape index (κ1) is 14.4. The molecule has 4 heteroatoms. The minimum Gasteiger partial charge on any atom is -0.455 e. The van der Waals surface area contributed by atoms with Gasteiger partial charge in [0.1, 0.15) is 11.5 Å². The van der Waals surface area contributed by atoms with Gasteiger partial charge in [0, 0.05) is 5.56 Å². The van der Waals surface area contributed by atoms with Crippen molar-refractivity contribution in [2.45, 2.75) is 20.0 Å². The summed E-state index contributed by atoms with van der Waals surface area (Å²) in [6.45, 7) is 3.58. The summed E-state index contributed by atoms with van der Waals surface area (Å²) in [4.78, 5) is 0. The maximum Gasteiger partial charge on any atom is 0.146 e. The Kier molecular flexibility index (Phi) is 4.29. The van der Waals surface area contributed by atoms with Crippen LogP contribution in [0.15, 0.2) is 36.4 Å². The molecule has 2 aromatic rings. The summed E-state index contributed by atoms with van der Waals surface area (Å²) in [6, 6.07) is 12.4. The predicted octanol–water partition coefficient (Wildman–Crippen LogP) is 4.37. The highest BCUT2D eigenvalue weighted by molar-refractivity contribution is 6.32. The first-order chi connectivity index (χ1) is 9.51. The van der Waals surface area contributed by atoms with E-state index >= 15 is 0 Å². The molecule has 20 heavy (non-hydrogen) atoms. The Hall–Kier alpha value is -2.02. The molecule has 0 fully saturated rings. The number of hydrogen-bond acceptors (Lipinski definition) is 3. The van der Waals surface area contributed by atoms with Crippen LogP contribution >= 0.6 is 11.6 Å². The van der Waals surface area contributed by atoms with Crippen molar-refractivity contribution in [2.24, 2.45) is 0 Å². The lowest BCUT2D eigenvalue weighted by atomic mass is 10.1. The van der Waals surface area contributed by atoms with Crippen LogP contribution in [0.5, 0.6) is 11.5 Å². The largest absolute Gasteiger partial charge is 0.455 e. The zero-order chi connectivity index (χ0) is 14.7. The number of aliphatic hydroxyl groups is 1. The Balaban J connectivity index is 2.43. The lowest BCUT2D eigenvalue weighted by molar-refractivity contribution is 0.195. The summed E-state index contributed by atoms with van der Waals surface area (Å²) < 4.78 is 5.76. The van der Waals surface area contributed by atoms with E-state index in [1.54, 1.807) is 37.3 Å². The van der Waals surface area contributed by atoms with Gasteiger partial charge in [-0.15, -0.1) is 0 Å². The topological polar surface area (TPSA) is 53.2 Å². The maximum absolute atomic E-state index is 9.76. The number of aryl methyl sites for hydroxylation is 1. The summed E-state index contributed by atoms with van der Waals surface area (Å²) in [5.41, 5.74) is 2.11. The molecular weight excluding hydrogens is 274 g/mol. The van der Waals surface area contributed by atoms with E-state index < -0.39 is 6.10 Å². The number of benzene rings is 2. The van der Waals surface area contributed by atoms with Crippen LogP contribution in [-0.2, 0) is 0 Å². The lowest BCUT2D eigenvalue weighted by Gasteiger charge is -2.14. The molecule has 0 radical (unpaired) electrons. The SMILES string of the molecule is Cc1ccc(Oc2cc(C#N)ccc2[C@H](C)O)c(Cl)c1. The van der Waals surface area contributed by atoms with E-state index in [4.69, 9.17) is 21.6 Å². The third-order valence-corrected chi connectivity index (χ3v) is 3.20. The standard InChI is InChI=1S/C16H14ClNO2/c1-10-3-6-15(14(17)7-10)20-16-8-12(9-18)4-5-13(16)11(2)19/h3-8,11,19H,1-2H3/t11-/m0/s1. The van der Waals surface area contributed by atoms with Crippen LogP contribution in [0.3, 0.4) is 0 Å². The predicted molar refractivity (Wildman–Crippen MR) is 78.1 cm³/mol. The zero-order valence-corrected chi connectivity index (χ0v) is 12.0. The fourth-order valence-electron chi connectivity index (χ4n) is 1.84. The fraction of sp³-hybridized carbons (Fsp3) is 0.188. The Morgan fingerprint density at radius 2 is 1.95 bits per heavy atom. The number of rotatable bonds is 3. The van der Waals surface area contributed by atoms with Gasteiger partial charge in [0.25, 0.3) is 0 Å². The Morgan fingerprint density at radius 1 is 1.20 bits per heavy atom. The molecule has 0 bridgehead atoms. The summed E-state index contributed by atoms with van der Waals surface area (Å²) >= 11 is 6.13. The second-order valence-electron chi connectivity index (χ2n) is 4.58. The van der Waals surface area contributed by atoms with Crippen LogP contribution in [0.25, 0.3) is 0 Å². The molecule has 3 nitrogen and oxygen atoms in total. The Bertz CT molecular complexity index is 675. The van der Waals surface area contributed by atoms with Crippen LogP contribution in [0, 0.1) is 18.3 Å². The number of aliphatic hydroxyl groups excluding tert-OH is 1. The lowest BCUT2D eigenvalue weighted by Crippen LogP contribution is -1.97. The third-order valence-electron chi connectivity index (χ3n) is 2.90. The van der Waals surface area contributed by atoms with Crippen molar-refractivity contribution in [3.05, 3.63) is 58.1 Å². The summed E-state index contributed by atoms with van der Waals surface area (Å²) in [5, 5.41) is 19.2. The van der Waals surface area contributed by atoms with Gasteiger partial charge in [-0.2, -0.15) is 5.26 Å². The van der Waals surface area contributed by atoms with Gasteiger partial charge in [0.05, 0.1) is 22.8 Å². The Morgan fingerprint density at radius 3 is 2.55 bits per heavy atom. The number of nitriles is 1. The minimum atomic E-state index is -0.693. The van der Waals surface area contributed by atoms with Crippen molar-refractivity contribution < 1.29 is 9.84 Å². The van der Waals surface area contributed by atoms with Gasteiger partial charge in [0.2, 0.25) is 0 Å². The van der Waals surface area contributed by atoms with Gasteiger partial charge in [-0.1, -0.05) is 23.7 Å². The molecule has 1 atom stereocenters. The van der Waals surface area contributed by atoms with Gasteiger partial charge >= 0.3 is 0 Å². The molecule has 0 amide bonds. The van der Waals surface area contributed by atoms with Crippen molar-refractivity contribution >= 4 is 11.6 Å². The highest BCUT2D eigenvalue weighted by atomic mass is 35.5. The number of nitrogens with zero attached hydrogens (tertiary/aromatic N) is 1.